The number of rotatable bonds is 3. The van der Waals surface area contributed by atoms with Crippen molar-refractivity contribution in [1.29, 1.82) is 0 Å². The molecule has 2 heterocycles. The van der Waals surface area contributed by atoms with E-state index in [1.807, 2.05) is 18.2 Å². The van der Waals surface area contributed by atoms with Crippen LogP contribution in [0.15, 0.2) is 18.2 Å². The molecule has 4 rings (SSSR count). The van der Waals surface area contributed by atoms with Gasteiger partial charge in [-0.05, 0) is 25.0 Å². The summed E-state index contributed by atoms with van der Waals surface area (Å²) in [5.41, 5.74) is 0.931. The first-order chi connectivity index (χ1) is 11.8. The lowest BCUT2D eigenvalue weighted by atomic mass is 9.79. The van der Waals surface area contributed by atoms with Gasteiger partial charge in [0.25, 0.3) is 0 Å². The number of hydrogen-bond donors (Lipinski definition) is 2. The summed E-state index contributed by atoms with van der Waals surface area (Å²) in [4.78, 5) is 15.0. The van der Waals surface area contributed by atoms with Crippen LogP contribution in [0.25, 0.3) is 0 Å². The van der Waals surface area contributed by atoms with Crippen LogP contribution in [0.1, 0.15) is 32.1 Å². The Labute approximate surface area is 154 Å². The zero-order valence-corrected chi connectivity index (χ0v) is 15.2. The van der Waals surface area contributed by atoms with E-state index in [0.29, 0.717) is 12.3 Å². The van der Waals surface area contributed by atoms with Gasteiger partial charge in [-0.1, -0.05) is 19.3 Å². The van der Waals surface area contributed by atoms with Crippen molar-refractivity contribution in [3.63, 3.8) is 0 Å². The van der Waals surface area contributed by atoms with Gasteiger partial charge in [0.05, 0.1) is 6.54 Å². The lowest BCUT2D eigenvalue weighted by Gasteiger charge is -2.49. The van der Waals surface area contributed by atoms with Gasteiger partial charge in [-0.25, -0.2) is 0 Å². The molecule has 0 atom stereocenters. The predicted octanol–water partition coefficient (Wildman–Crippen LogP) is 2.38. The molecule has 1 aromatic carbocycles. The highest BCUT2D eigenvalue weighted by atomic mass is 35.5. The van der Waals surface area contributed by atoms with E-state index < -0.39 is 0 Å². The summed E-state index contributed by atoms with van der Waals surface area (Å²) in [5, 5.41) is 6.53. The third kappa shape index (κ3) is 3.86. The molecule has 3 aliphatic rings. The van der Waals surface area contributed by atoms with Crippen LogP contribution in [0.3, 0.4) is 0 Å². The standard InChI is InChI=1S/C18H25N3O3.ClH/c22-17(20-14-4-5-15-16(10-14)24-13-23-15)11-21-9-8-19-12-18(21)6-2-1-3-7-18;/h4-5,10,19H,1-3,6-9,11-13H2,(H,20,22);1H. The zero-order chi connectivity index (χ0) is 16.4. The van der Waals surface area contributed by atoms with E-state index in [0.717, 1.165) is 31.1 Å². The number of benzene rings is 1. The Morgan fingerprint density at radius 2 is 2.00 bits per heavy atom. The third-order valence-electron chi connectivity index (χ3n) is 5.46. The maximum atomic E-state index is 12.6. The first kappa shape index (κ1) is 18.3. The van der Waals surface area contributed by atoms with Crippen molar-refractivity contribution in [2.24, 2.45) is 0 Å². The summed E-state index contributed by atoms with van der Waals surface area (Å²) in [7, 11) is 0. The Bertz CT molecular complexity index is 611. The van der Waals surface area contributed by atoms with Crippen molar-refractivity contribution >= 4 is 24.0 Å². The molecule has 2 N–H and O–H groups in total. The fraction of sp³-hybridized carbons (Fsp3) is 0.611. The van der Waals surface area contributed by atoms with Crippen LogP contribution in [-0.4, -0.2) is 49.3 Å². The Morgan fingerprint density at radius 1 is 1.20 bits per heavy atom. The van der Waals surface area contributed by atoms with Gasteiger partial charge in [0.15, 0.2) is 11.5 Å². The summed E-state index contributed by atoms with van der Waals surface area (Å²) < 4.78 is 10.7. The van der Waals surface area contributed by atoms with Crippen molar-refractivity contribution in [2.75, 3.05) is 38.3 Å². The highest BCUT2D eigenvalue weighted by Crippen LogP contribution is 2.35. The van der Waals surface area contributed by atoms with Gasteiger partial charge in [0.1, 0.15) is 0 Å². The molecule has 2 fully saturated rings. The second-order valence-corrected chi connectivity index (χ2v) is 7.00. The molecule has 0 unspecified atom stereocenters. The highest BCUT2D eigenvalue weighted by Gasteiger charge is 2.40. The average Bonchev–Trinajstić information content (AvgIpc) is 3.06. The molecule has 1 spiro atoms. The summed E-state index contributed by atoms with van der Waals surface area (Å²) in [5.74, 6) is 1.47. The van der Waals surface area contributed by atoms with Crippen molar-refractivity contribution < 1.29 is 14.3 Å². The molecule has 138 valence electrons. The van der Waals surface area contributed by atoms with Crippen LogP contribution in [0.4, 0.5) is 5.69 Å². The average molecular weight is 368 g/mol. The van der Waals surface area contributed by atoms with Crippen molar-refractivity contribution in [2.45, 2.75) is 37.6 Å². The molecule has 6 nitrogen and oxygen atoms in total. The lowest BCUT2D eigenvalue weighted by Crippen LogP contribution is -2.63. The first-order valence-electron chi connectivity index (χ1n) is 8.91. The van der Waals surface area contributed by atoms with Crippen LogP contribution in [0.2, 0.25) is 0 Å². The monoisotopic (exact) mass is 367 g/mol. The van der Waals surface area contributed by atoms with Crippen LogP contribution < -0.4 is 20.1 Å². The van der Waals surface area contributed by atoms with E-state index in [4.69, 9.17) is 9.47 Å². The first-order valence-corrected chi connectivity index (χ1v) is 8.91. The molecular formula is C18H26ClN3O3. The molecule has 1 amide bonds. The molecule has 7 heteroatoms. The van der Waals surface area contributed by atoms with Crippen molar-refractivity contribution in [3.8, 4) is 11.5 Å². The fourth-order valence-electron chi connectivity index (χ4n) is 4.18. The summed E-state index contributed by atoms with van der Waals surface area (Å²) in [6, 6.07) is 5.53. The third-order valence-corrected chi connectivity index (χ3v) is 5.46. The molecule has 0 bridgehead atoms. The van der Waals surface area contributed by atoms with Crippen LogP contribution in [0, 0.1) is 0 Å². The van der Waals surface area contributed by atoms with Gasteiger partial charge in [-0.3, -0.25) is 9.69 Å². The van der Waals surface area contributed by atoms with Gasteiger partial charge in [0.2, 0.25) is 12.7 Å². The van der Waals surface area contributed by atoms with Crippen LogP contribution >= 0.6 is 12.4 Å². The minimum absolute atomic E-state index is 0. The van der Waals surface area contributed by atoms with Gasteiger partial charge in [-0.15, -0.1) is 12.4 Å². The van der Waals surface area contributed by atoms with Crippen molar-refractivity contribution in [1.82, 2.24) is 10.2 Å². The molecule has 25 heavy (non-hydrogen) atoms. The van der Waals surface area contributed by atoms with Crippen LogP contribution in [0.5, 0.6) is 11.5 Å². The molecular weight excluding hydrogens is 342 g/mol. The Kier molecular flexibility index (Phi) is 5.71. The number of piperazine rings is 1. The Balaban J connectivity index is 0.00000182. The van der Waals surface area contributed by atoms with Crippen molar-refractivity contribution in [3.05, 3.63) is 18.2 Å². The maximum absolute atomic E-state index is 12.6. The molecule has 1 saturated heterocycles. The highest BCUT2D eigenvalue weighted by molar-refractivity contribution is 5.92. The summed E-state index contributed by atoms with van der Waals surface area (Å²) in [6.07, 6.45) is 6.23. The number of nitrogens with one attached hydrogen (secondary N) is 2. The number of fused-ring (bicyclic) bond motifs is 1. The van der Waals surface area contributed by atoms with E-state index >= 15 is 0 Å². The fourth-order valence-corrected chi connectivity index (χ4v) is 4.18. The summed E-state index contributed by atoms with van der Waals surface area (Å²) >= 11 is 0. The number of nitrogens with zero attached hydrogens (tertiary/aromatic N) is 1. The van der Waals surface area contributed by atoms with E-state index in [1.54, 1.807) is 0 Å². The predicted molar refractivity (Wildman–Crippen MR) is 98.7 cm³/mol. The number of carbonyl (C=O) groups is 1. The second-order valence-electron chi connectivity index (χ2n) is 7.00. The number of ether oxygens (including phenoxy) is 2. The molecule has 1 aromatic rings. The lowest BCUT2D eigenvalue weighted by molar-refractivity contribution is -0.120. The molecule has 2 aliphatic heterocycles. The van der Waals surface area contributed by atoms with E-state index in [1.165, 1.54) is 32.1 Å². The largest absolute Gasteiger partial charge is 0.454 e. The molecule has 0 radical (unpaired) electrons. The Hall–Kier alpha value is -1.50. The minimum atomic E-state index is 0. The number of amides is 1. The SMILES string of the molecule is Cl.O=C(CN1CCNCC12CCCCC2)Nc1ccc2c(c1)OCO2. The zero-order valence-electron chi connectivity index (χ0n) is 14.4. The van der Waals surface area contributed by atoms with E-state index in [-0.39, 0.29) is 30.6 Å². The minimum Gasteiger partial charge on any atom is -0.454 e. The van der Waals surface area contributed by atoms with E-state index in [2.05, 4.69) is 15.5 Å². The normalized spacial score (nSPS) is 21.6. The van der Waals surface area contributed by atoms with Gasteiger partial charge in [0, 0.05) is 36.9 Å². The quantitative estimate of drug-likeness (QED) is 0.858. The van der Waals surface area contributed by atoms with Gasteiger partial charge < -0.3 is 20.1 Å². The topological polar surface area (TPSA) is 62.8 Å². The second kappa shape index (κ2) is 7.81. The Morgan fingerprint density at radius 3 is 2.84 bits per heavy atom. The van der Waals surface area contributed by atoms with Gasteiger partial charge >= 0.3 is 0 Å². The molecule has 1 saturated carbocycles. The number of carbonyl (C=O) groups excluding carboxylic acids is 1. The smallest absolute Gasteiger partial charge is 0.238 e. The summed E-state index contributed by atoms with van der Waals surface area (Å²) in [6.45, 7) is 3.60. The number of halogens is 1. The van der Waals surface area contributed by atoms with Gasteiger partial charge in [-0.2, -0.15) is 0 Å². The van der Waals surface area contributed by atoms with Crippen LogP contribution in [-0.2, 0) is 4.79 Å². The number of anilines is 1. The van der Waals surface area contributed by atoms with E-state index in [9.17, 15) is 4.79 Å². The molecule has 1 aliphatic carbocycles. The molecule has 0 aromatic heterocycles. The maximum Gasteiger partial charge on any atom is 0.238 e. The number of hydrogen-bond acceptors (Lipinski definition) is 5.